The molecule has 1 N–H and O–H groups in total. The van der Waals surface area contributed by atoms with Gasteiger partial charge < -0.3 is 10.2 Å². The number of hydrogen-bond acceptors (Lipinski definition) is 2. The van der Waals surface area contributed by atoms with Crippen LogP contribution in [-0.2, 0) is 4.79 Å². The summed E-state index contributed by atoms with van der Waals surface area (Å²) in [5.41, 5.74) is 0. The van der Waals surface area contributed by atoms with E-state index in [4.69, 9.17) is 0 Å². The van der Waals surface area contributed by atoms with Gasteiger partial charge in [-0.3, -0.25) is 4.79 Å². The zero-order valence-electron chi connectivity index (χ0n) is 10.5. The van der Waals surface area contributed by atoms with Crippen LogP contribution in [-0.4, -0.2) is 38.0 Å². The molecule has 0 aromatic carbocycles. The van der Waals surface area contributed by atoms with Crippen molar-refractivity contribution >= 4 is 5.91 Å². The first-order chi connectivity index (χ1) is 7.70. The average molecular weight is 224 g/mol. The highest BCUT2D eigenvalue weighted by Gasteiger charge is 2.39. The van der Waals surface area contributed by atoms with Crippen LogP contribution in [0.25, 0.3) is 0 Å². The van der Waals surface area contributed by atoms with Gasteiger partial charge in [0, 0.05) is 26.6 Å². The van der Waals surface area contributed by atoms with Crippen LogP contribution in [0, 0.1) is 17.8 Å². The number of nitrogens with zero attached hydrogens (tertiary/aromatic N) is 1. The monoisotopic (exact) mass is 224 g/mol. The lowest BCUT2D eigenvalue weighted by molar-refractivity contribution is -0.130. The Morgan fingerprint density at radius 2 is 2.19 bits per heavy atom. The van der Waals surface area contributed by atoms with Gasteiger partial charge in [-0.15, -0.1) is 0 Å². The van der Waals surface area contributed by atoms with E-state index in [9.17, 15) is 4.79 Å². The lowest BCUT2D eigenvalue weighted by atomic mass is 9.88. The van der Waals surface area contributed by atoms with Gasteiger partial charge in [0.1, 0.15) is 0 Å². The van der Waals surface area contributed by atoms with E-state index in [-0.39, 0.29) is 5.91 Å². The molecule has 0 aliphatic heterocycles. The molecule has 0 aromatic heterocycles. The van der Waals surface area contributed by atoms with Crippen molar-refractivity contribution in [3.63, 3.8) is 0 Å². The Hall–Kier alpha value is -0.570. The van der Waals surface area contributed by atoms with Crippen LogP contribution >= 0.6 is 0 Å². The van der Waals surface area contributed by atoms with E-state index in [0.29, 0.717) is 6.42 Å². The average Bonchev–Trinajstić information content (AvgIpc) is 2.87. The molecule has 0 radical (unpaired) electrons. The summed E-state index contributed by atoms with van der Waals surface area (Å²) in [6, 6.07) is 0. The molecule has 2 saturated carbocycles. The summed E-state index contributed by atoms with van der Waals surface area (Å²) in [7, 11) is 3.85. The van der Waals surface area contributed by atoms with E-state index in [2.05, 4.69) is 5.32 Å². The highest BCUT2D eigenvalue weighted by Crippen LogP contribution is 2.48. The molecule has 2 aliphatic carbocycles. The Kier molecular flexibility index (Phi) is 3.85. The Morgan fingerprint density at radius 3 is 2.75 bits per heavy atom. The molecule has 2 bridgehead atoms. The molecule has 2 rings (SSSR count). The molecule has 92 valence electrons. The lowest BCUT2D eigenvalue weighted by Gasteiger charge is -2.27. The van der Waals surface area contributed by atoms with Crippen LogP contribution in [0.15, 0.2) is 0 Å². The van der Waals surface area contributed by atoms with Crippen molar-refractivity contribution < 1.29 is 4.79 Å². The highest BCUT2D eigenvalue weighted by atomic mass is 16.2. The van der Waals surface area contributed by atoms with Gasteiger partial charge in [0.05, 0.1) is 0 Å². The van der Waals surface area contributed by atoms with E-state index in [1.54, 1.807) is 0 Å². The van der Waals surface area contributed by atoms with Gasteiger partial charge in [0.2, 0.25) is 5.91 Å². The third-order valence-corrected chi connectivity index (χ3v) is 4.41. The molecule has 0 spiro atoms. The molecule has 3 nitrogen and oxygen atoms in total. The molecule has 2 aliphatic rings. The number of fused-ring (bicyclic) bond motifs is 2. The number of rotatable bonds is 5. The third-order valence-electron chi connectivity index (χ3n) is 4.41. The second-order valence-electron chi connectivity index (χ2n) is 5.56. The Morgan fingerprint density at radius 1 is 1.38 bits per heavy atom. The zero-order chi connectivity index (χ0) is 11.5. The van der Waals surface area contributed by atoms with E-state index < -0.39 is 0 Å². The Balaban J connectivity index is 1.74. The number of carbonyl (C=O) groups is 1. The molecule has 3 unspecified atom stereocenters. The second-order valence-corrected chi connectivity index (χ2v) is 5.56. The van der Waals surface area contributed by atoms with E-state index >= 15 is 0 Å². The number of amides is 1. The normalized spacial score (nSPS) is 32.0. The van der Waals surface area contributed by atoms with Crippen LogP contribution in [0.1, 0.15) is 32.1 Å². The summed E-state index contributed by atoms with van der Waals surface area (Å²) in [4.78, 5) is 13.7. The number of hydrogen-bond donors (Lipinski definition) is 1. The first-order valence-electron chi connectivity index (χ1n) is 6.59. The van der Waals surface area contributed by atoms with Gasteiger partial charge in [0.15, 0.2) is 0 Å². The summed E-state index contributed by atoms with van der Waals surface area (Å²) in [6.45, 7) is 1.78. The van der Waals surface area contributed by atoms with Crippen LogP contribution < -0.4 is 5.32 Å². The fourth-order valence-corrected chi connectivity index (χ4v) is 3.48. The zero-order valence-corrected chi connectivity index (χ0v) is 10.5. The number of nitrogens with one attached hydrogen (secondary N) is 1. The van der Waals surface area contributed by atoms with Gasteiger partial charge in [-0.05, 0) is 44.1 Å². The fraction of sp³-hybridized carbons (Fsp3) is 0.923. The standard InChI is InChI=1S/C13H24N2O/c1-14-6-5-13(16)15(2)9-12-8-10-3-4-11(12)7-10/h10-12,14H,3-9H2,1-2H3. The molecule has 1 amide bonds. The van der Waals surface area contributed by atoms with Crippen molar-refractivity contribution in [2.24, 2.45) is 17.8 Å². The number of carbonyl (C=O) groups excluding carboxylic acids is 1. The molecule has 16 heavy (non-hydrogen) atoms. The molecule has 0 aromatic rings. The first kappa shape index (κ1) is 11.9. The quantitative estimate of drug-likeness (QED) is 0.767. The van der Waals surface area contributed by atoms with Gasteiger partial charge in [-0.2, -0.15) is 0 Å². The Labute approximate surface area is 98.6 Å². The SMILES string of the molecule is CNCCC(=O)N(C)CC1CC2CCC1C2. The predicted octanol–water partition coefficient (Wildman–Crippen LogP) is 1.49. The van der Waals surface area contributed by atoms with Crippen LogP contribution in [0.5, 0.6) is 0 Å². The topological polar surface area (TPSA) is 32.3 Å². The minimum absolute atomic E-state index is 0.289. The van der Waals surface area contributed by atoms with Gasteiger partial charge in [-0.25, -0.2) is 0 Å². The molecule has 3 atom stereocenters. The smallest absolute Gasteiger partial charge is 0.223 e. The highest BCUT2D eigenvalue weighted by molar-refractivity contribution is 5.76. The van der Waals surface area contributed by atoms with Crippen molar-refractivity contribution in [3.05, 3.63) is 0 Å². The Bertz CT molecular complexity index is 254. The second kappa shape index (κ2) is 5.17. The molecular weight excluding hydrogens is 200 g/mol. The van der Waals surface area contributed by atoms with Gasteiger partial charge in [0.25, 0.3) is 0 Å². The van der Waals surface area contributed by atoms with E-state index in [1.807, 2.05) is 19.0 Å². The van der Waals surface area contributed by atoms with Crippen molar-refractivity contribution in [2.75, 3.05) is 27.2 Å². The molecule has 3 heteroatoms. The van der Waals surface area contributed by atoms with Crippen LogP contribution in [0.3, 0.4) is 0 Å². The summed E-state index contributed by atoms with van der Waals surface area (Å²) in [6.07, 6.45) is 6.29. The summed E-state index contributed by atoms with van der Waals surface area (Å²) < 4.78 is 0. The minimum Gasteiger partial charge on any atom is -0.345 e. The molecule has 0 saturated heterocycles. The third kappa shape index (κ3) is 2.57. The maximum Gasteiger partial charge on any atom is 0.223 e. The van der Waals surface area contributed by atoms with Gasteiger partial charge in [-0.1, -0.05) is 6.42 Å². The molecule has 0 heterocycles. The van der Waals surface area contributed by atoms with Crippen LogP contribution in [0.4, 0.5) is 0 Å². The largest absolute Gasteiger partial charge is 0.345 e. The summed E-state index contributed by atoms with van der Waals surface area (Å²) >= 11 is 0. The molecule has 2 fully saturated rings. The van der Waals surface area contributed by atoms with Gasteiger partial charge >= 0.3 is 0 Å². The summed E-state index contributed by atoms with van der Waals surface area (Å²) in [5.74, 6) is 2.99. The summed E-state index contributed by atoms with van der Waals surface area (Å²) in [5, 5.41) is 3.03. The minimum atomic E-state index is 0.289. The van der Waals surface area contributed by atoms with Crippen molar-refractivity contribution in [2.45, 2.75) is 32.1 Å². The van der Waals surface area contributed by atoms with Crippen LogP contribution in [0.2, 0.25) is 0 Å². The van der Waals surface area contributed by atoms with Crippen molar-refractivity contribution in [1.82, 2.24) is 10.2 Å². The van der Waals surface area contributed by atoms with Crippen molar-refractivity contribution in [1.29, 1.82) is 0 Å². The fourth-order valence-electron chi connectivity index (χ4n) is 3.48. The van der Waals surface area contributed by atoms with E-state index in [0.717, 1.165) is 30.8 Å². The van der Waals surface area contributed by atoms with E-state index in [1.165, 1.54) is 25.7 Å². The maximum absolute atomic E-state index is 11.8. The predicted molar refractivity (Wildman–Crippen MR) is 65.1 cm³/mol. The lowest BCUT2D eigenvalue weighted by Crippen LogP contribution is -2.34. The van der Waals surface area contributed by atoms with Crippen molar-refractivity contribution in [3.8, 4) is 0 Å². The first-order valence-corrected chi connectivity index (χ1v) is 6.59. The molecular formula is C13H24N2O. The maximum atomic E-state index is 11.8.